The average molecular weight is 256 g/mol. The molecule has 1 aliphatic heterocycles. The van der Waals surface area contributed by atoms with Crippen LogP contribution in [0.4, 0.5) is 11.4 Å². The number of nitrogens with one attached hydrogen (secondary N) is 1. The van der Waals surface area contributed by atoms with Crippen molar-refractivity contribution in [2.45, 2.75) is 6.23 Å². The van der Waals surface area contributed by atoms with E-state index < -0.39 is 12.1 Å². The van der Waals surface area contributed by atoms with E-state index in [0.29, 0.717) is 17.1 Å². The molecule has 1 atom stereocenters. The van der Waals surface area contributed by atoms with Crippen molar-refractivity contribution >= 4 is 17.3 Å². The number of hydrogen-bond acceptors (Lipinski definition) is 4. The molecule has 1 unspecified atom stereocenters. The highest BCUT2D eigenvalue weighted by Crippen LogP contribution is 2.30. The number of carbonyl (C=O) groups excluding carboxylic acids is 1. The van der Waals surface area contributed by atoms with Gasteiger partial charge in [0.05, 0.1) is 11.4 Å². The number of benzene rings is 2. The lowest BCUT2D eigenvalue weighted by Crippen LogP contribution is -2.48. The number of carbonyl (C=O) groups is 1. The van der Waals surface area contributed by atoms with Gasteiger partial charge in [0.15, 0.2) is 0 Å². The molecule has 2 N–H and O–H groups in total. The van der Waals surface area contributed by atoms with Crippen LogP contribution in [0.3, 0.4) is 0 Å². The number of anilines is 2. The zero-order chi connectivity index (χ0) is 13.2. The number of ether oxygens (including phenoxy) is 1. The van der Waals surface area contributed by atoms with Gasteiger partial charge in [-0.15, -0.1) is 0 Å². The Morgan fingerprint density at radius 2 is 1.74 bits per heavy atom. The first kappa shape index (κ1) is 11.6. The molecule has 5 heteroatoms. The summed E-state index contributed by atoms with van der Waals surface area (Å²) in [6, 6.07) is 15.8. The number of amides is 1. The summed E-state index contributed by atoms with van der Waals surface area (Å²) >= 11 is 0. The Morgan fingerprint density at radius 3 is 2.53 bits per heavy atom. The second kappa shape index (κ2) is 4.62. The monoisotopic (exact) mass is 256 g/mol. The molecule has 96 valence electrons. The van der Waals surface area contributed by atoms with Gasteiger partial charge in [0.2, 0.25) is 0 Å². The molecule has 1 amide bonds. The van der Waals surface area contributed by atoms with Gasteiger partial charge >= 0.3 is 0 Å². The minimum Gasteiger partial charge on any atom is -0.457 e. The number of hydrogen-bond donors (Lipinski definition) is 2. The van der Waals surface area contributed by atoms with Gasteiger partial charge in [0, 0.05) is 0 Å². The number of hydroxylamine groups is 1. The molecule has 0 saturated carbocycles. The Kier molecular flexibility index (Phi) is 2.81. The van der Waals surface area contributed by atoms with Crippen LogP contribution in [0.25, 0.3) is 0 Å². The third-order valence-electron chi connectivity index (χ3n) is 2.85. The van der Waals surface area contributed by atoms with Crippen molar-refractivity contribution in [2.75, 3.05) is 10.4 Å². The SMILES string of the molecule is O=C1Nc2ccccc2OC1N(O)c1ccccc1. The predicted molar refractivity (Wildman–Crippen MR) is 70.2 cm³/mol. The molecule has 0 aliphatic carbocycles. The topological polar surface area (TPSA) is 61.8 Å². The molecule has 0 radical (unpaired) electrons. The van der Waals surface area contributed by atoms with E-state index in [1.807, 2.05) is 6.07 Å². The molecule has 0 saturated heterocycles. The fourth-order valence-corrected chi connectivity index (χ4v) is 1.92. The van der Waals surface area contributed by atoms with Gasteiger partial charge < -0.3 is 10.1 Å². The summed E-state index contributed by atoms with van der Waals surface area (Å²) in [7, 11) is 0. The Balaban J connectivity index is 1.89. The Morgan fingerprint density at radius 1 is 1.05 bits per heavy atom. The maximum Gasteiger partial charge on any atom is 0.289 e. The van der Waals surface area contributed by atoms with Crippen LogP contribution in [0, 0.1) is 0 Å². The molecule has 1 aliphatic rings. The molecule has 0 bridgehead atoms. The molecule has 3 rings (SSSR count). The average Bonchev–Trinajstić information content (AvgIpc) is 2.47. The number of fused-ring (bicyclic) bond motifs is 1. The third kappa shape index (κ3) is 2.11. The van der Waals surface area contributed by atoms with Gasteiger partial charge in [-0.1, -0.05) is 30.3 Å². The minimum atomic E-state index is -1.10. The van der Waals surface area contributed by atoms with E-state index in [4.69, 9.17) is 4.74 Å². The number of para-hydroxylation sites is 3. The van der Waals surface area contributed by atoms with Crippen LogP contribution in [0.5, 0.6) is 5.75 Å². The van der Waals surface area contributed by atoms with Crippen molar-refractivity contribution in [3.05, 3.63) is 54.6 Å². The minimum absolute atomic E-state index is 0.412. The molecule has 0 fully saturated rings. The highest BCUT2D eigenvalue weighted by molar-refractivity contribution is 5.98. The maximum absolute atomic E-state index is 11.9. The molecular formula is C14H12N2O3. The van der Waals surface area contributed by atoms with Crippen molar-refractivity contribution in [2.24, 2.45) is 0 Å². The van der Waals surface area contributed by atoms with Crippen LogP contribution in [0.1, 0.15) is 0 Å². The maximum atomic E-state index is 11.9. The van der Waals surface area contributed by atoms with Gasteiger partial charge in [-0.05, 0) is 24.3 Å². The Bertz CT molecular complexity index is 601. The normalized spacial score (nSPS) is 17.1. The third-order valence-corrected chi connectivity index (χ3v) is 2.85. The molecule has 2 aromatic rings. The largest absolute Gasteiger partial charge is 0.457 e. The zero-order valence-electron chi connectivity index (χ0n) is 9.98. The highest BCUT2D eigenvalue weighted by atomic mass is 16.6. The summed E-state index contributed by atoms with van der Waals surface area (Å²) in [5.41, 5.74) is 1.09. The molecule has 0 spiro atoms. The van der Waals surface area contributed by atoms with E-state index in [1.165, 1.54) is 0 Å². The first-order chi connectivity index (χ1) is 9.25. The van der Waals surface area contributed by atoms with Crippen molar-refractivity contribution in [3.8, 4) is 5.75 Å². The fourth-order valence-electron chi connectivity index (χ4n) is 1.92. The van der Waals surface area contributed by atoms with Crippen LogP contribution in [-0.2, 0) is 4.79 Å². The molecular weight excluding hydrogens is 244 g/mol. The van der Waals surface area contributed by atoms with E-state index in [-0.39, 0.29) is 0 Å². The van der Waals surface area contributed by atoms with E-state index in [1.54, 1.807) is 48.5 Å². The van der Waals surface area contributed by atoms with Crippen molar-refractivity contribution in [3.63, 3.8) is 0 Å². The second-order valence-electron chi connectivity index (χ2n) is 4.14. The van der Waals surface area contributed by atoms with Gasteiger partial charge in [-0.25, -0.2) is 5.06 Å². The predicted octanol–water partition coefficient (Wildman–Crippen LogP) is 2.24. The van der Waals surface area contributed by atoms with Crippen molar-refractivity contribution < 1.29 is 14.7 Å². The summed E-state index contributed by atoms with van der Waals surface area (Å²) in [4.78, 5) is 11.9. The summed E-state index contributed by atoms with van der Waals surface area (Å²) in [5, 5.41) is 13.6. The molecule has 19 heavy (non-hydrogen) atoms. The zero-order valence-corrected chi connectivity index (χ0v) is 9.98. The molecule has 0 aromatic heterocycles. The lowest BCUT2D eigenvalue weighted by molar-refractivity contribution is -0.126. The van der Waals surface area contributed by atoms with Crippen molar-refractivity contribution in [1.82, 2.24) is 0 Å². The van der Waals surface area contributed by atoms with Gasteiger partial charge in [0.1, 0.15) is 5.75 Å². The summed E-state index contributed by atoms with van der Waals surface area (Å²) < 4.78 is 5.52. The Labute approximate surface area is 110 Å². The first-order valence-electron chi connectivity index (χ1n) is 5.85. The lowest BCUT2D eigenvalue weighted by atomic mass is 10.2. The number of nitrogens with zero attached hydrogens (tertiary/aromatic N) is 1. The van der Waals surface area contributed by atoms with Crippen LogP contribution in [0.2, 0.25) is 0 Å². The van der Waals surface area contributed by atoms with Crippen LogP contribution < -0.4 is 15.1 Å². The molecule has 1 heterocycles. The van der Waals surface area contributed by atoms with Crippen LogP contribution in [-0.4, -0.2) is 17.3 Å². The van der Waals surface area contributed by atoms with Crippen LogP contribution in [0.15, 0.2) is 54.6 Å². The van der Waals surface area contributed by atoms with Crippen molar-refractivity contribution in [1.29, 1.82) is 0 Å². The molecule has 5 nitrogen and oxygen atoms in total. The van der Waals surface area contributed by atoms with Gasteiger partial charge in [0.25, 0.3) is 12.1 Å². The highest BCUT2D eigenvalue weighted by Gasteiger charge is 2.32. The first-order valence-corrected chi connectivity index (χ1v) is 5.85. The Hall–Kier alpha value is -2.53. The molecule has 2 aromatic carbocycles. The van der Waals surface area contributed by atoms with E-state index in [0.717, 1.165) is 5.06 Å². The lowest BCUT2D eigenvalue weighted by Gasteiger charge is -2.31. The summed E-state index contributed by atoms with van der Waals surface area (Å²) in [6.07, 6.45) is -1.10. The standard InChI is InChI=1S/C14H12N2O3/c17-13-14(16(18)10-6-2-1-3-7-10)19-12-9-5-4-8-11(12)15-13/h1-9,14,18H,(H,15,17). The second-order valence-corrected chi connectivity index (χ2v) is 4.14. The fraction of sp³-hybridized carbons (Fsp3) is 0.0714. The quantitative estimate of drug-likeness (QED) is 0.809. The number of rotatable bonds is 2. The van der Waals surface area contributed by atoms with E-state index in [2.05, 4.69) is 5.32 Å². The van der Waals surface area contributed by atoms with Crippen LogP contribution >= 0.6 is 0 Å². The summed E-state index contributed by atoms with van der Waals surface area (Å²) in [5.74, 6) is 0.118. The van der Waals surface area contributed by atoms with E-state index >= 15 is 0 Å². The smallest absolute Gasteiger partial charge is 0.289 e. The summed E-state index contributed by atoms with van der Waals surface area (Å²) in [6.45, 7) is 0. The van der Waals surface area contributed by atoms with Gasteiger partial charge in [-0.2, -0.15) is 0 Å². The van der Waals surface area contributed by atoms with Gasteiger partial charge in [-0.3, -0.25) is 10.0 Å². The van der Waals surface area contributed by atoms with E-state index in [9.17, 15) is 10.0 Å².